The number of carboxylic acids is 1. The number of amides is 3. The van der Waals surface area contributed by atoms with Gasteiger partial charge in [0.1, 0.15) is 0 Å². The van der Waals surface area contributed by atoms with Gasteiger partial charge < -0.3 is 14.9 Å². The lowest BCUT2D eigenvalue weighted by Gasteiger charge is -2.22. The maximum atomic E-state index is 11.9. The standard InChI is InChI=1S/C13H23N3O4/c1-13(2,11(18)19)7-10(17)14-12(20)16-6-5-9(8-16)15(3)4/h9H,5-8H2,1-4H3,(H,18,19)(H,14,17,20). The molecule has 7 nitrogen and oxygen atoms in total. The second-order valence-electron chi connectivity index (χ2n) is 6.07. The average Bonchev–Trinajstić information content (AvgIpc) is 2.76. The molecule has 2 N–H and O–H groups in total. The number of nitrogens with zero attached hydrogens (tertiary/aromatic N) is 2. The van der Waals surface area contributed by atoms with E-state index in [4.69, 9.17) is 5.11 Å². The van der Waals surface area contributed by atoms with Crippen molar-refractivity contribution < 1.29 is 19.5 Å². The van der Waals surface area contributed by atoms with Gasteiger partial charge in [0.25, 0.3) is 0 Å². The smallest absolute Gasteiger partial charge is 0.324 e. The van der Waals surface area contributed by atoms with Crippen LogP contribution < -0.4 is 5.32 Å². The Morgan fingerprint density at radius 2 is 1.95 bits per heavy atom. The van der Waals surface area contributed by atoms with Crippen LogP contribution in [-0.4, -0.2) is 66.0 Å². The van der Waals surface area contributed by atoms with Crippen molar-refractivity contribution in [1.29, 1.82) is 0 Å². The Balaban J connectivity index is 2.47. The third-order valence-electron chi connectivity index (χ3n) is 3.61. The molecule has 0 radical (unpaired) electrons. The van der Waals surface area contributed by atoms with Crippen LogP contribution in [0.15, 0.2) is 0 Å². The highest BCUT2D eigenvalue weighted by Gasteiger charge is 2.32. The number of nitrogens with one attached hydrogen (secondary N) is 1. The Hall–Kier alpha value is -1.63. The van der Waals surface area contributed by atoms with Crippen molar-refractivity contribution in [2.75, 3.05) is 27.2 Å². The number of imide groups is 1. The monoisotopic (exact) mass is 285 g/mol. The molecule has 0 bridgehead atoms. The second kappa shape index (κ2) is 6.21. The predicted octanol–water partition coefficient (Wildman–Crippen LogP) is 0.359. The van der Waals surface area contributed by atoms with Gasteiger partial charge in [0.05, 0.1) is 5.41 Å². The number of hydrogen-bond donors (Lipinski definition) is 2. The summed E-state index contributed by atoms with van der Waals surface area (Å²) in [6.07, 6.45) is 0.647. The van der Waals surface area contributed by atoms with Crippen molar-refractivity contribution in [2.24, 2.45) is 5.41 Å². The molecule has 1 fully saturated rings. The SMILES string of the molecule is CN(C)C1CCN(C(=O)NC(=O)CC(C)(C)C(=O)O)C1. The van der Waals surface area contributed by atoms with E-state index in [1.807, 2.05) is 19.0 Å². The molecule has 0 aromatic heterocycles. The number of hydrogen-bond acceptors (Lipinski definition) is 4. The quantitative estimate of drug-likeness (QED) is 0.778. The Kier molecular flexibility index (Phi) is 5.10. The first-order valence-electron chi connectivity index (χ1n) is 6.62. The van der Waals surface area contributed by atoms with E-state index in [-0.39, 0.29) is 6.42 Å². The first kappa shape index (κ1) is 16.4. The number of carbonyl (C=O) groups excluding carboxylic acids is 2. The van der Waals surface area contributed by atoms with E-state index in [0.29, 0.717) is 19.1 Å². The Bertz CT molecular complexity index is 406. The van der Waals surface area contributed by atoms with Gasteiger partial charge in [0, 0.05) is 25.6 Å². The number of carboxylic acid groups (broad SMARTS) is 1. The van der Waals surface area contributed by atoms with E-state index in [1.165, 1.54) is 13.8 Å². The van der Waals surface area contributed by atoms with Crippen LogP contribution >= 0.6 is 0 Å². The molecule has 0 aliphatic carbocycles. The lowest BCUT2D eigenvalue weighted by Crippen LogP contribution is -2.44. The molecule has 1 unspecified atom stereocenters. The molecular formula is C13H23N3O4. The number of likely N-dealkylation sites (tertiary alicyclic amines) is 1. The largest absolute Gasteiger partial charge is 0.481 e. The van der Waals surface area contributed by atoms with Crippen molar-refractivity contribution >= 4 is 17.9 Å². The number of urea groups is 1. The third-order valence-corrected chi connectivity index (χ3v) is 3.61. The van der Waals surface area contributed by atoms with Crippen LogP contribution in [0.1, 0.15) is 26.7 Å². The second-order valence-corrected chi connectivity index (χ2v) is 6.07. The zero-order valence-electron chi connectivity index (χ0n) is 12.5. The third kappa shape index (κ3) is 4.19. The molecule has 1 heterocycles. The molecule has 1 aliphatic rings. The van der Waals surface area contributed by atoms with Gasteiger partial charge in [-0.2, -0.15) is 0 Å². The molecule has 0 aromatic carbocycles. The fourth-order valence-electron chi connectivity index (χ4n) is 2.07. The van der Waals surface area contributed by atoms with Crippen molar-refractivity contribution in [3.8, 4) is 0 Å². The van der Waals surface area contributed by atoms with Gasteiger partial charge in [-0.25, -0.2) is 4.79 Å². The summed E-state index contributed by atoms with van der Waals surface area (Å²) in [6, 6.07) is -0.146. The Morgan fingerprint density at radius 3 is 2.40 bits per heavy atom. The van der Waals surface area contributed by atoms with E-state index in [9.17, 15) is 14.4 Å². The fourth-order valence-corrected chi connectivity index (χ4v) is 2.07. The van der Waals surface area contributed by atoms with Crippen LogP contribution in [0.3, 0.4) is 0 Å². The maximum Gasteiger partial charge on any atom is 0.324 e. The minimum atomic E-state index is -1.18. The molecule has 1 aliphatic heterocycles. The summed E-state index contributed by atoms with van der Waals surface area (Å²) in [7, 11) is 3.90. The van der Waals surface area contributed by atoms with Gasteiger partial charge in [0.15, 0.2) is 0 Å². The van der Waals surface area contributed by atoms with Crippen LogP contribution in [0.4, 0.5) is 4.79 Å². The lowest BCUT2D eigenvalue weighted by atomic mass is 9.89. The maximum absolute atomic E-state index is 11.9. The molecule has 0 spiro atoms. The highest BCUT2D eigenvalue weighted by Crippen LogP contribution is 2.20. The number of likely N-dealkylation sites (N-methyl/N-ethyl adjacent to an activating group) is 1. The average molecular weight is 285 g/mol. The summed E-state index contributed by atoms with van der Waals surface area (Å²) in [5, 5.41) is 11.2. The van der Waals surface area contributed by atoms with E-state index in [1.54, 1.807) is 4.90 Å². The molecular weight excluding hydrogens is 262 g/mol. The van der Waals surface area contributed by atoms with Crippen molar-refractivity contribution in [3.05, 3.63) is 0 Å². The zero-order chi connectivity index (χ0) is 15.5. The highest BCUT2D eigenvalue weighted by atomic mass is 16.4. The molecule has 0 saturated carbocycles. The van der Waals surface area contributed by atoms with Gasteiger partial charge in [-0.1, -0.05) is 0 Å². The van der Waals surface area contributed by atoms with Crippen molar-refractivity contribution in [1.82, 2.24) is 15.1 Å². The molecule has 1 atom stereocenters. The van der Waals surface area contributed by atoms with Crippen LogP contribution in [0.2, 0.25) is 0 Å². The molecule has 0 aromatic rings. The van der Waals surface area contributed by atoms with Gasteiger partial charge in [-0.3, -0.25) is 14.9 Å². The molecule has 1 saturated heterocycles. The van der Waals surface area contributed by atoms with E-state index in [2.05, 4.69) is 5.32 Å². The number of carbonyl (C=O) groups is 3. The summed E-state index contributed by atoms with van der Waals surface area (Å²) >= 11 is 0. The Labute approximate surface area is 118 Å². The summed E-state index contributed by atoms with van der Waals surface area (Å²) < 4.78 is 0. The van der Waals surface area contributed by atoms with Crippen molar-refractivity contribution in [2.45, 2.75) is 32.7 Å². The first-order chi connectivity index (χ1) is 9.13. The summed E-state index contributed by atoms with van der Waals surface area (Å²) in [5.41, 5.74) is -1.18. The minimum Gasteiger partial charge on any atom is -0.481 e. The van der Waals surface area contributed by atoms with Crippen molar-refractivity contribution in [3.63, 3.8) is 0 Å². The van der Waals surface area contributed by atoms with Crippen LogP contribution in [0.5, 0.6) is 0 Å². The predicted molar refractivity (Wildman–Crippen MR) is 73.2 cm³/mol. The summed E-state index contributed by atoms with van der Waals surface area (Å²) in [4.78, 5) is 38.2. The molecule has 114 valence electrons. The summed E-state index contributed by atoms with van der Waals surface area (Å²) in [6.45, 7) is 4.09. The number of aliphatic carboxylic acids is 1. The van der Waals surface area contributed by atoms with Crippen LogP contribution in [-0.2, 0) is 9.59 Å². The molecule has 1 rings (SSSR count). The molecule has 7 heteroatoms. The lowest BCUT2D eigenvalue weighted by molar-refractivity contribution is -0.149. The number of rotatable bonds is 4. The van der Waals surface area contributed by atoms with Gasteiger partial charge in [-0.05, 0) is 34.4 Å². The van der Waals surface area contributed by atoms with E-state index in [0.717, 1.165) is 6.42 Å². The van der Waals surface area contributed by atoms with Gasteiger partial charge in [0.2, 0.25) is 5.91 Å². The first-order valence-corrected chi connectivity index (χ1v) is 6.62. The van der Waals surface area contributed by atoms with E-state index >= 15 is 0 Å². The van der Waals surface area contributed by atoms with E-state index < -0.39 is 23.3 Å². The molecule has 3 amide bonds. The molecule has 20 heavy (non-hydrogen) atoms. The van der Waals surface area contributed by atoms with Crippen LogP contribution in [0.25, 0.3) is 0 Å². The zero-order valence-corrected chi connectivity index (χ0v) is 12.5. The fraction of sp³-hybridized carbons (Fsp3) is 0.769. The minimum absolute atomic E-state index is 0.223. The van der Waals surface area contributed by atoms with Gasteiger partial charge in [-0.15, -0.1) is 0 Å². The topological polar surface area (TPSA) is 90.0 Å². The summed E-state index contributed by atoms with van der Waals surface area (Å²) in [5.74, 6) is -1.62. The van der Waals surface area contributed by atoms with Gasteiger partial charge >= 0.3 is 12.0 Å². The highest BCUT2D eigenvalue weighted by molar-refractivity contribution is 5.96. The normalized spacial score (nSPS) is 19.2. The Morgan fingerprint density at radius 1 is 1.35 bits per heavy atom. The van der Waals surface area contributed by atoms with Crippen LogP contribution in [0, 0.1) is 5.41 Å².